The lowest BCUT2D eigenvalue weighted by molar-refractivity contribution is 0.636. The maximum atomic E-state index is 13.8. The van der Waals surface area contributed by atoms with Crippen molar-refractivity contribution < 1.29 is 4.39 Å². The van der Waals surface area contributed by atoms with E-state index in [0.717, 1.165) is 16.6 Å². The average molecular weight is 234 g/mol. The van der Waals surface area contributed by atoms with E-state index in [0.29, 0.717) is 11.1 Å². The SMILES string of the molecule is Cc1cc(C)c2cc(C(N)=S)cc(F)c2n1. The summed E-state index contributed by atoms with van der Waals surface area (Å²) in [5.74, 6) is -0.382. The maximum Gasteiger partial charge on any atom is 0.150 e. The molecule has 0 amide bonds. The zero-order valence-corrected chi connectivity index (χ0v) is 9.86. The third-order valence-electron chi connectivity index (χ3n) is 2.49. The molecule has 2 rings (SSSR count). The summed E-state index contributed by atoms with van der Waals surface area (Å²) in [6.07, 6.45) is 0. The molecule has 2 nitrogen and oxygen atoms in total. The molecule has 0 aliphatic carbocycles. The monoisotopic (exact) mass is 234 g/mol. The second-order valence-corrected chi connectivity index (χ2v) is 4.24. The van der Waals surface area contributed by atoms with E-state index in [1.807, 2.05) is 19.9 Å². The highest BCUT2D eigenvalue weighted by atomic mass is 32.1. The number of rotatable bonds is 1. The predicted octanol–water partition coefficient (Wildman–Crippen LogP) is 2.62. The first-order chi connectivity index (χ1) is 7.49. The number of fused-ring (bicyclic) bond motifs is 1. The van der Waals surface area contributed by atoms with Crippen LogP contribution >= 0.6 is 12.2 Å². The predicted molar refractivity (Wildman–Crippen MR) is 67.1 cm³/mol. The highest BCUT2D eigenvalue weighted by Gasteiger charge is 2.09. The minimum atomic E-state index is -0.382. The average Bonchev–Trinajstić information content (AvgIpc) is 2.19. The Kier molecular flexibility index (Phi) is 2.59. The van der Waals surface area contributed by atoms with E-state index < -0.39 is 0 Å². The van der Waals surface area contributed by atoms with Gasteiger partial charge < -0.3 is 5.73 Å². The number of aryl methyl sites for hydroxylation is 2. The molecule has 4 heteroatoms. The van der Waals surface area contributed by atoms with Gasteiger partial charge in [-0.2, -0.15) is 0 Å². The summed E-state index contributed by atoms with van der Waals surface area (Å²) < 4.78 is 13.8. The molecular weight excluding hydrogens is 223 g/mol. The normalized spacial score (nSPS) is 10.7. The number of aromatic nitrogens is 1. The number of halogens is 1. The summed E-state index contributed by atoms with van der Waals surface area (Å²) in [7, 11) is 0. The standard InChI is InChI=1S/C12H11FN2S/c1-6-3-7(2)15-11-9(6)4-8(12(14)16)5-10(11)13/h3-5H,1-2H3,(H2,14,16). The minimum absolute atomic E-state index is 0.195. The lowest BCUT2D eigenvalue weighted by Gasteiger charge is -2.07. The number of nitrogens with two attached hydrogens (primary N) is 1. The van der Waals surface area contributed by atoms with Gasteiger partial charge in [0.2, 0.25) is 0 Å². The summed E-state index contributed by atoms with van der Waals surface area (Å²) >= 11 is 4.84. The van der Waals surface area contributed by atoms with Crippen LogP contribution < -0.4 is 5.73 Å². The van der Waals surface area contributed by atoms with Crippen LogP contribution in [0.3, 0.4) is 0 Å². The van der Waals surface area contributed by atoms with Gasteiger partial charge in [-0.05, 0) is 37.6 Å². The van der Waals surface area contributed by atoms with Crippen molar-refractivity contribution in [2.24, 2.45) is 5.73 Å². The van der Waals surface area contributed by atoms with Crippen molar-refractivity contribution in [1.29, 1.82) is 0 Å². The summed E-state index contributed by atoms with van der Waals surface area (Å²) in [6, 6.07) is 5.02. The van der Waals surface area contributed by atoms with Gasteiger partial charge in [0.1, 0.15) is 16.3 Å². The Morgan fingerprint density at radius 2 is 2.00 bits per heavy atom. The molecule has 1 aromatic heterocycles. The quantitative estimate of drug-likeness (QED) is 0.771. The van der Waals surface area contributed by atoms with Gasteiger partial charge in [0.25, 0.3) is 0 Å². The highest BCUT2D eigenvalue weighted by Crippen LogP contribution is 2.22. The van der Waals surface area contributed by atoms with E-state index in [9.17, 15) is 4.39 Å². The third-order valence-corrected chi connectivity index (χ3v) is 2.72. The Morgan fingerprint density at radius 1 is 1.31 bits per heavy atom. The fourth-order valence-electron chi connectivity index (χ4n) is 1.76. The van der Waals surface area contributed by atoms with Gasteiger partial charge >= 0.3 is 0 Å². The molecule has 0 saturated heterocycles. The van der Waals surface area contributed by atoms with Crippen molar-refractivity contribution in [3.05, 3.63) is 40.8 Å². The molecule has 0 atom stereocenters. The van der Waals surface area contributed by atoms with Gasteiger partial charge in [-0.15, -0.1) is 0 Å². The van der Waals surface area contributed by atoms with Crippen molar-refractivity contribution >= 4 is 28.1 Å². The molecule has 0 saturated carbocycles. The van der Waals surface area contributed by atoms with Crippen LogP contribution in [-0.2, 0) is 0 Å². The maximum absolute atomic E-state index is 13.8. The van der Waals surface area contributed by atoms with E-state index in [-0.39, 0.29) is 10.8 Å². The molecule has 0 bridgehead atoms. The van der Waals surface area contributed by atoms with Crippen molar-refractivity contribution in [3.8, 4) is 0 Å². The number of hydrogen-bond donors (Lipinski definition) is 1. The van der Waals surface area contributed by atoms with Crippen LogP contribution in [0.5, 0.6) is 0 Å². The molecule has 0 fully saturated rings. The molecule has 0 aliphatic heterocycles. The van der Waals surface area contributed by atoms with Crippen LogP contribution in [-0.4, -0.2) is 9.97 Å². The first-order valence-electron chi connectivity index (χ1n) is 4.86. The van der Waals surface area contributed by atoms with Crippen LogP contribution in [0.4, 0.5) is 4.39 Å². The largest absolute Gasteiger partial charge is 0.389 e. The molecular formula is C12H11FN2S. The van der Waals surface area contributed by atoms with Crippen molar-refractivity contribution in [3.63, 3.8) is 0 Å². The van der Waals surface area contributed by atoms with Crippen LogP contribution in [0.15, 0.2) is 18.2 Å². The van der Waals surface area contributed by atoms with E-state index in [1.54, 1.807) is 6.07 Å². The number of nitrogens with zero attached hydrogens (tertiary/aromatic N) is 1. The summed E-state index contributed by atoms with van der Waals surface area (Å²) in [6.45, 7) is 3.76. The molecule has 0 spiro atoms. The Hall–Kier alpha value is -1.55. The van der Waals surface area contributed by atoms with Crippen LogP contribution in [0.1, 0.15) is 16.8 Å². The van der Waals surface area contributed by atoms with Crippen LogP contribution in [0.2, 0.25) is 0 Å². The van der Waals surface area contributed by atoms with Crippen molar-refractivity contribution in [2.75, 3.05) is 0 Å². The van der Waals surface area contributed by atoms with E-state index in [2.05, 4.69) is 4.98 Å². The summed E-state index contributed by atoms with van der Waals surface area (Å²) in [5, 5.41) is 0.758. The molecule has 16 heavy (non-hydrogen) atoms. The molecule has 2 aromatic rings. The van der Waals surface area contributed by atoms with Gasteiger partial charge in [-0.25, -0.2) is 4.39 Å². The van der Waals surface area contributed by atoms with Crippen molar-refractivity contribution in [1.82, 2.24) is 4.98 Å². The lowest BCUT2D eigenvalue weighted by Crippen LogP contribution is -2.10. The van der Waals surface area contributed by atoms with E-state index in [4.69, 9.17) is 18.0 Å². The minimum Gasteiger partial charge on any atom is -0.389 e. The molecule has 2 N–H and O–H groups in total. The Balaban J connectivity index is 2.87. The zero-order valence-electron chi connectivity index (χ0n) is 9.04. The van der Waals surface area contributed by atoms with Crippen molar-refractivity contribution in [2.45, 2.75) is 13.8 Å². The molecule has 82 valence electrons. The van der Waals surface area contributed by atoms with Crippen LogP contribution in [0, 0.1) is 19.7 Å². The topological polar surface area (TPSA) is 38.9 Å². The van der Waals surface area contributed by atoms with E-state index >= 15 is 0 Å². The Bertz CT molecular complexity index is 593. The number of pyridine rings is 1. The first kappa shape index (κ1) is 11.0. The molecule has 0 radical (unpaired) electrons. The fourth-order valence-corrected chi connectivity index (χ4v) is 1.87. The van der Waals surface area contributed by atoms with Gasteiger partial charge in [0, 0.05) is 16.6 Å². The van der Waals surface area contributed by atoms with Gasteiger partial charge in [-0.1, -0.05) is 12.2 Å². The highest BCUT2D eigenvalue weighted by molar-refractivity contribution is 7.80. The molecule has 0 aliphatic rings. The number of thiocarbonyl (C=S) groups is 1. The Morgan fingerprint density at radius 3 is 2.62 bits per heavy atom. The summed E-state index contributed by atoms with van der Waals surface area (Å²) in [4.78, 5) is 4.37. The molecule has 1 aromatic carbocycles. The fraction of sp³-hybridized carbons (Fsp3) is 0.167. The van der Waals surface area contributed by atoms with E-state index in [1.165, 1.54) is 6.07 Å². The van der Waals surface area contributed by atoms with Crippen LogP contribution in [0.25, 0.3) is 10.9 Å². The third kappa shape index (κ3) is 1.76. The Labute approximate surface area is 98.3 Å². The molecule has 0 unspecified atom stereocenters. The van der Waals surface area contributed by atoms with Gasteiger partial charge in [-0.3, -0.25) is 4.98 Å². The lowest BCUT2D eigenvalue weighted by atomic mass is 10.1. The first-order valence-corrected chi connectivity index (χ1v) is 5.27. The van der Waals surface area contributed by atoms with Gasteiger partial charge in [0.05, 0.1) is 0 Å². The second kappa shape index (κ2) is 3.79. The van der Waals surface area contributed by atoms with Gasteiger partial charge in [0.15, 0.2) is 0 Å². The number of hydrogen-bond acceptors (Lipinski definition) is 2. The number of benzene rings is 1. The smallest absolute Gasteiger partial charge is 0.150 e. The zero-order chi connectivity index (χ0) is 11.9. The second-order valence-electron chi connectivity index (χ2n) is 3.80. The molecule has 1 heterocycles. The summed E-state index contributed by atoms with van der Waals surface area (Å²) in [5.41, 5.74) is 8.18.